The molecule has 2 aromatic heterocycles. The maximum absolute atomic E-state index is 5.01. The van der Waals surface area contributed by atoms with E-state index in [0.29, 0.717) is 34.9 Å². The normalized spacial score (nSPS) is 11.2. The number of rotatable bonds is 6. The lowest BCUT2D eigenvalue weighted by Gasteiger charge is -2.12. The van der Waals surface area contributed by atoms with Crippen molar-refractivity contribution in [3.63, 3.8) is 0 Å². The standard InChI is InChI=1S/C44H40N6/c1-25-13-26(2)18-35(17-25)41-45-39(46-42(49-41)36-19-27(3)14-28(4)20-36)33-9-11-34(12-10-33)40-47-43(37-21-29(5)15-30(6)22-37)50-44(48-40)38-23-31(7)16-32(8)24-38/h9-24H,1-8H3. The molecule has 0 aliphatic carbocycles. The van der Waals surface area contributed by atoms with Crippen molar-refractivity contribution in [1.82, 2.24) is 29.9 Å². The highest BCUT2D eigenvalue weighted by Crippen LogP contribution is 2.30. The predicted octanol–water partition coefficient (Wildman–Crippen LogP) is 10.5. The molecule has 6 heteroatoms. The lowest BCUT2D eigenvalue weighted by atomic mass is 10.0. The Balaban J connectivity index is 1.35. The van der Waals surface area contributed by atoms with Crippen molar-refractivity contribution in [1.29, 1.82) is 0 Å². The van der Waals surface area contributed by atoms with Crippen LogP contribution < -0.4 is 0 Å². The molecule has 0 radical (unpaired) electrons. The van der Waals surface area contributed by atoms with E-state index in [2.05, 4.69) is 128 Å². The number of aromatic nitrogens is 6. The minimum absolute atomic E-state index is 0.609. The third kappa shape index (κ3) is 7.10. The average molecular weight is 653 g/mol. The van der Waals surface area contributed by atoms with Crippen LogP contribution in [-0.2, 0) is 0 Å². The van der Waals surface area contributed by atoms with E-state index in [4.69, 9.17) is 29.9 Å². The van der Waals surface area contributed by atoms with Gasteiger partial charge in [-0.3, -0.25) is 0 Å². The van der Waals surface area contributed by atoms with Crippen LogP contribution in [0.25, 0.3) is 68.3 Å². The first kappa shape index (κ1) is 32.7. The molecule has 0 atom stereocenters. The second-order valence-corrected chi connectivity index (χ2v) is 13.7. The highest BCUT2D eigenvalue weighted by Gasteiger charge is 2.16. The molecule has 0 amide bonds. The van der Waals surface area contributed by atoms with Gasteiger partial charge in [0.25, 0.3) is 0 Å². The summed E-state index contributed by atoms with van der Waals surface area (Å²) in [7, 11) is 0. The lowest BCUT2D eigenvalue weighted by Crippen LogP contribution is -2.02. The minimum Gasteiger partial charge on any atom is -0.208 e. The van der Waals surface area contributed by atoms with Crippen molar-refractivity contribution in [2.45, 2.75) is 55.4 Å². The Hall–Kier alpha value is -5.88. The Kier molecular flexibility index (Phi) is 8.62. The summed E-state index contributed by atoms with van der Waals surface area (Å²) in [6.45, 7) is 16.8. The quantitative estimate of drug-likeness (QED) is 0.178. The van der Waals surface area contributed by atoms with Gasteiger partial charge in [-0.1, -0.05) is 93.0 Å². The van der Waals surface area contributed by atoms with Crippen LogP contribution in [-0.4, -0.2) is 29.9 Å². The number of benzene rings is 5. The molecule has 0 N–H and O–H groups in total. The maximum Gasteiger partial charge on any atom is 0.164 e. The molecule has 0 aliphatic rings. The zero-order chi connectivity index (χ0) is 35.1. The molecule has 0 unspecified atom stereocenters. The summed E-state index contributed by atoms with van der Waals surface area (Å²) in [6, 6.07) is 33.8. The van der Waals surface area contributed by atoms with Crippen LogP contribution in [0.15, 0.2) is 97.1 Å². The van der Waals surface area contributed by atoms with E-state index in [1.165, 1.54) is 0 Å². The zero-order valence-electron chi connectivity index (χ0n) is 29.9. The molecule has 7 aromatic rings. The second-order valence-electron chi connectivity index (χ2n) is 13.7. The second kappa shape index (κ2) is 13.2. The Morgan fingerprint density at radius 1 is 0.220 bits per heavy atom. The fourth-order valence-electron chi connectivity index (χ4n) is 6.71. The van der Waals surface area contributed by atoms with E-state index in [0.717, 1.165) is 77.9 Å². The molecule has 0 saturated heterocycles. The molecule has 2 heterocycles. The van der Waals surface area contributed by atoms with Crippen LogP contribution in [0.5, 0.6) is 0 Å². The average Bonchev–Trinajstić information content (AvgIpc) is 3.06. The fourth-order valence-corrected chi connectivity index (χ4v) is 6.71. The van der Waals surface area contributed by atoms with E-state index >= 15 is 0 Å². The zero-order valence-corrected chi connectivity index (χ0v) is 29.9. The number of nitrogens with zero attached hydrogens (tertiary/aromatic N) is 6. The van der Waals surface area contributed by atoms with Crippen molar-refractivity contribution >= 4 is 0 Å². The van der Waals surface area contributed by atoms with Gasteiger partial charge in [0.05, 0.1) is 0 Å². The van der Waals surface area contributed by atoms with Crippen LogP contribution in [0.3, 0.4) is 0 Å². The summed E-state index contributed by atoms with van der Waals surface area (Å²) in [6.07, 6.45) is 0. The van der Waals surface area contributed by atoms with Crippen LogP contribution >= 0.6 is 0 Å². The van der Waals surface area contributed by atoms with E-state index < -0.39 is 0 Å². The SMILES string of the molecule is Cc1cc(C)cc(-c2nc(-c3ccc(-c4nc(-c5cc(C)cc(C)c5)nc(-c5cc(C)cc(C)c5)n4)cc3)nc(-c3cc(C)cc(C)c3)n2)c1. The lowest BCUT2D eigenvalue weighted by molar-refractivity contribution is 1.07. The van der Waals surface area contributed by atoms with Crippen LogP contribution in [0, 0.1) is 55.4 Å². The number of hydrogen-bond donors (Lipinski definition) is 0. The summed E-state index contributed by atoms with van der Waals surface area (Å²) in [5.74, 6) is 3.81. The van der Waals surface area contributed by atoms with Gasteiger partial charge < -0.3 is 0 Å². The minimum atomic E-state index is 0.609. The van der Waals surface area contributed by atoms with Gasteiger partial charge in [0.15, 0.2) is 34.9 Å². The molecule has 0 bridgehead atoms. The summed E-state index contributed by atoms with van der Waals surface area (Å²) in [5, 5.41) is 0. The molecule has 0 aliphatic heterocycles. The molecular weight excluding hydrogens is 613 g/mol. The van der Waals surface area contributed by atoms with Gasteiger partial charge in [0.2, 0.25) is 0 Å². The van der Waals surface area contributed by atoms with Crippen LogP contribution in [0.2, 0.25) is 0 Å². The molecule has 0 fully saturated rings. The number of hydrogen-bond acceptors (Lipinski definition) is 6. The third-order valence-electron chi connectivity index (χ3n) is 8.59. The third-order valence-corrected chi connectivity index (χ3v) is 8.59. The van der Waals surface area contributed by atoms with Crippen molar-refractivity contribution in [3.05, 3.63) is 142 Å². The van der Waals surface area contributed by atoms with Crippen LogP contribution in [0.4, 0.5) is 0 Å². The van der Waals surface area contributed by atoms with Crippen molar-refractivity contribution in [2.75, 3.05) is 0 Å². The van der Waals surface area contributed by atoms with Gasteiger partial charge in [-0.15, -0.1) is 0 Å². The van der Waals surface area contributed by atoms with Crippen molar-refractivity contribution in [3.8, 4) is 68.3 Å². The monoisotopic (exact) mass is 652 g/mol. The Morgan fingerprint density at radius 2 is 0.380 bits per heavy atom. The Bertz CT molecular complexity index is 2020. The van der Waals surface area contributed by atoms with Gasteiger partial charge in [0, 0.05) is 33.4 Å². The van der Waals surface area contributed by atoms with Crippen molar-refractivity contribution in [2.24, 2.45) is 0 Å². The van der Waals surface area contributed by atoms with E-state index in [-0.39, 0.29) is 0 Å². The van der Waals surface area contributed by atoms with Crippen LogP contribution in [0.1, 0.15) is 44.5 Å². The van der Waals surface area contributed by atoms with E-state index in [9.17, 15) is 0 Å². The largest absolute Gasteiger partial charge is 0.208 e. The molecule has 5 aromatic carbocycles. The summed E-state index contributed by atoms with van der Waals surface area (Å²) >= 11 is 0. The Morgan fingerprint density at radius 3 is 0.560 bits per heavy atom. The summed E-state index contributed by atoms with van der Waals surface area (Å²) < 4.78 is 0. The van der Waals surface area contributed by atoms with Gasteiger partial charge >= 0.3 is 0 Å². The van der Waals surface area contributed by atoms with Gasteiger partial charge in [-0.05, 0) is 104 Å². The highest BCUT2D eigenvalue weighted by molar-refractivity contribution is 5.72. The first-order valence-corrected chi connectivity index (χ1v) is 16.9. The first-order valence-electron chi connectivity index (χ1n) is 16.9. The molecule has 7 rings (SSSR count). The summed E-state index contributed by atoms with van der Waals surface area (Å²) in [5.41, 5.74) is 14.9. The summed E-state index contributed by atoms with van der Waals surface area (Å²) in [4.78, 5) is 30.0. The van der Waals surface area contributed by atoms with E-state index in [1.807, 2.05) is 24.3 Å². The number of aryl methyl sites for hydroxylation is 8. The first-order chi connectivity index (χ1) is 23.9. The Labute approximate surface area is 294 Å². The highest BCUT2D eigenvalue weighted by atomic mass is 15.0. The van der Waals surface area contributed by atoms with Gasteiger partial charge in [0.1, 0.15) is 0 Å². The van der Waals surface area contributed by atoms with E-state index in [1.54, 1.807) is 0 Å². The fraction of sp³-hybridized carbons (Fsp3) is 0.182. The molecular formula is C44H40N6. The maximum atomic E-state index is 5.01. The topological polar surface area (TPSA) is 77.3 Å². The predicted molar refractivity (Wildman–Crippen MR) is 204 cm³/mol. The molecule has 0 saturated carbocycles. The smallest absolute Gasteiger partial charge is 0.164 e. The van der Waals surface area contributed by atoms with Gasteiger partial charge in [-0.25, -0.2) is 29.9 Å². The van der Waals surface area contributed by atoms with Gasteiger partial charge in [-0.2, -0.15) is 0 Å². The molecule has 50 heavy (non-hydrogen) atoms. The molecule has 246 valence electrons. The van der Waals surface area contributed by atoms with Crippen molar-refractivity contribution < 1.29 is 0 Å². The molecule has 0 spiro atoms. The molecule has 6 nitrogen and oxygen atoms in total.